The summed E-state index contributed by atoms with van der Waals surface area (Å²) in [5, 5.41) is 3.02. The van der Waals surface area contributed by atoms with Crippen LogP contribution in [0.2, 0.25) is 0 Å². The molecule has 0 amide bonds. The largest absolute Gasteiger partial charge is 0.391 e. The van der Waals surface area contributed by atoms with E-state index in [1.807, 2.05) is 0 Å². The van der Waals surface area contributed by atoms with Crippen molar-refractivity contribution < 1.29 is 4.79 Å². The van der Waals surface area contributed by atoms with Gasteiger partial charge in [-0.05, 0) is 18.6 Å². The van der Waals surface area contributed by atoms with Gasteiger partial charge in [-0.25, -0.2) is 0 Å². The Balaban J connectivity index is 2.47. The number of aromatic nitrogens is 1. The number of nitrogens with one attached hydrogen (secondary N) is 1. The third-order valence-corrected chi connectivity index (χ3v) is 1.71. The summed E-state index contributed by atoms with van der Waals surface area (Å²) in [6.45, 7) is 2.96. The number of hydrogen-bond donors (Lipinski definition) is 1. The standard InChI is InChI=1S/C11H14N2O/c1-2-6-12-9-5-11(14)10-3-7-13-8-4-10/h3-5,7-9,12H,2,6H2,1H3/b9-5+. The fourth-order valence-electron chi connectivity index (χ4n) is 0.975. The van der Waals surface area contributed by atoms with Gasteiger partial charge in [-0.15, -0.1) is 0 Å². The Labute approximate surface area is 83.9 Å². The predicted molar refractivity (Wildman–Crippen MR) is 56.0 cm³/mol. The van der Waals surface area contributed by atoms with Gasteiger partial charge in [0.15, 0.2) is 5.78 Å². The zero-order chi connectivity index (χ0) is 10.2. The van der Waals surface area contributed by atoms with Gasteiger partial charge in [0.05, 0.1) is 0 Å². The fourth-order valence-corrected chi connectivity index (χ4v) is 0.975. The minimum Gasteiger partial charge on any atom is -0.391 e. The molecule has 0 atom stereocenters. The number of carbonyl (C=O) groups excluding carboxylic acids is 1. The average molecular weight is 190 g/mol. The van der Waals surface area contributed by atoms with Crippen LogP contribution < -0.4 is 5.32 Å². The molecule has 1 N–H and O–H groups in total. The van der Waals surface area contributed by atoms with E-state index in [4.69, 9.17) is 0 Å². The second kappa shape index (κ2) is 5.91. The predicted octanol–water partition coefficient (Wildman–Crippen LogP) is 1.78. The van der Waals surface area contributed by atoms with Gasteiger partial charge in [-0.2, -0.15) is 0 Å². The number of rotatable bonds is 5. The van der Waals surface area contributed by atoms with Gasteiger partial charge in [-0.1, -0.05) is 6.92 Å². The first kappa shape index (κ1) is 10.4. The van der Waals surface area contributed by atoms with E-state index in [0.29, 0.717) is 5.56 Å². The first-order valence-electron chi connectivity index (χ1n) is 4.69. The summed E-state index contributed by atoms with van der Waals surface area (Å²) < 4.78 is 0. The molecule has 0 fully saturated rings. The molecule has 0 unspecified atom stereocenters. The lowest BCUT2D eigenvalue weighted by Gasteiger charge is -1.95. The molecule has 3 nitrogen and oxygen atoms in total. The molecule has 0 aliphatic rings. The van der Waals surface area contributed by atoms with E-state index in [1.165, 1.54) is 6.08 Å². The molecule has 1 heterocycles. The number of carbonyl (C=O) groups is 1. The van der Waals surface area contributed by atoms with Crippen LogP contribution in [0.3, 0.4) is 0 Å². The molecule has 1 aromatic rings. The maximum absolute atomic E-state index is 11.5. The highest BCUT2D eigenvalue weighted by Gasteiger charge is 1.98. The number of hydrogen-bond acceptors (Lipinski definition) is 3. The van der Waals surface area contributed by atoms with Crippen molar-refractivity contribution in [1.82, 2.24) is 10.3 Å². The van der Waals surface area contributed by atoms with Crippen LogP contribution in [-0.4, -0.2) is 17.3 Å². The Morgan fingerprint density at radius 3 is 2.86 bits per heavy atom. The summed E-state index contributed by atoms with van der Waals surface area (Å²) in [7, 11) is 0. The summed E-state index contributed by atoms with van der Waals surface area (Å²) in [5.74, 6) is -0.00370. The van der Waals surface area contributed by atoms with Crippen LogP contribution in [-0.2, 0) is 0 Å². The van der Waals surface area contributed by atoms with Crippen molar-refractivity contribution in [2.24, 2.45) is 0 Å². The lowest BCUT2D eigenvalue weighted by Crippen LogP contribution is -2.06. The molecule has 0 spiro atoms. The maximum Gasteiger partial charge on any atom is 0.187 e. The van der Waals surface area contributed by atoms with E-state index < -0.39 is 0 Å². The molecule has 0 saturated carbocycles. The highest BCUT2D eigenvalue weighted by molar-refractivity contribution is 6.04. The van der Waals surface area contributed by atoms with E-state index in [0.717, 1.165) is 13.0 Å². The lowest BCUT2D eigenvalue weighted by atomic mass is 10.2. The van der Waals surface area contributed by atoms with Crippen molar-refractivity contribution in [3.05, 3.63) is 42.4 Å². The number of nitrogens with zero attached hydrogens (tertiary/aromatic N) is 1. The van der Waals surface area contributed by atoms with E-state index >= 15 is 0 Å². The summed E-state index contributed by atoms with van der Waals surface area (Å²) in [4.78, 5) is 15.3. The zero-order valence-corrected chi connectivity index (χ0v) is 8.23. The maximum atomic E-state index is 11.5. The number of pyridine rings is 1. The van der Waals surface area contributed by atoms with Crippen LogP contribution in [0.15, 0.2) is 36.8 Å². The van der Waals surface area contributed by atoms with Crippen molar-refractivity contribution in [2.45, 2.75) is 13.3 Å². The second-order valence-electron chi connectivity index (χ2n) is 2.89. The van der Waals surface area contributed by atoms with Crippen LogP contribution in [0, 0.1) is 0 Å². The minimum absolute atomic E-state index is 0.00370. The lowest BCUT2D eigenvalue weighted by molar-refractivity contribution is 0.104. The minimum atomic E-state index is -0.00370. The third kappa shape index (κ3) is 3.39. The Morgan fingerprint density at radius 2 is 2.21 bits per heavy atom. The first-order valence-corrected chi connectivity index (χ1v) is 4.69. The van der Waals surface area contributed by atoms with Crippen molar-refractivity contribution in [2.75, 3.05) is 6.54 Å². The van der Waals surface area contributed by atoms with Gasteiger partial charge >= 0.3 is 0 Å². The highest BCUT2D eigenvalue weighted by Crippen LogP contribution is 1.98. The molecule has 0 bridgehead atoms. The zero-order valence-electron chi connectivity index (χ0n) is 8.23. The highest BCUT2D eigenvalue weighted by atomic mass is 16.1. The normalized spacial score (nSPS) is 10.4. The molecule has 14 heavy (non-hydrogen) atoms. The van der Waals surface area contributed by atoms with E-state index in [-0.39, 0.29) is 5.78 Å². The van der Waals surface area contributed by atoms with E-state index in [1.54, 1.807) is 30.7 Å². The quantitative estimate of drug-likeness (QED) is 0.437. The Kier molecular flexibility index (Phi) is 4.41. The molecular formula is C11H14N2O. The van der Waals surface area contributed by atoms with Crippen molar-refractivity contribution in [3.8, 4) is 0 Å². The molecular weight excluding hydrogens is 176 g/mol. The molecule has 1 aromatic heterocycles. The van der Waals surface area contributed by atoms with E-state index in [9.17, 15) is 4.79 Å². The van der Waals surface area contributed by atoms with Crippen LogP contribution in [0.25, 0.3) is 0 Å². The van der Waals surface area contributed by atoms with Gasteiger partial charge < -0.3 is 5.32 Å². The molecule has 3 heteroatoms. The molecule has 0 saturated heterocycles. The van der Waals surface area contributed by atoms with E-state index in [2.05, 4.69) is 17.2 Å². The monoisotopic (exact) mass is 190 g/mol. The molecule has 0 aromatic carbocycles. The Hall–Kier alpha value is -1.64. The van der Waals surface area contributed by atoms with Gasteiger partial charge in [0, 0.05) is 36.8 Å². The number of ketones is 1. The van der Waals surface area contributed by atoms with Crippen LogP contribution in [0.1, 0.15) is 23.7 Å². The van der Waals surface area contributed by atoms with Crippen molar-refractivity contribution in [1.29, 1.82) is 0 Å². The Bertz CT molecular complexity index is 306. The summed E-state index contributed by atoms with van der Waals surface area (Å²) in [6, 6.07) is 3.40. The first-order chi connectivity index (χ1) is 6.84. The third-order valence-electron chi connectivity index (χ3n) is 1.71. The Morgan fingerprint density at radius 1 is 1.50 bits per heavy atom. The van der Waals surface area contributed by atoms with Crippen LogP contribution >= 0.6 is 0 Å². The van der Waals surface area contributed by atoms with Gasteiger partial charge in [0.25, 0.3) is 0 Å². The topological polar surface area (TPSA) is 42.0 Å². The molecule has 0 aliphatic heterocycles. The summed E-state index contributed by atoms with van der Waals surface area (Å²) >= 11 is 0. The van der Waals surface area contributed by atoms with Crippen molar-refractivity contribution in [3.63, 3.8) is 0 Å². The average Bonchev–Trinajstić information content (AvgIpc) is 2.25. The SMILES string of the molecule is CCCN/C=C/C(=O)c1ccncc1. The fraction of sp³-hybridized carbons (Fsp3) is 0.273. The summed E-state index contributed by atoms with van der Waals surface area (Å²) in [5.41, 5.74) is 0.662. The molecule has 1 rings (SSSR count). The second-order valence-corrected chi connectivity index (χ2v) is 2.89. The summed E-state index contributed by atoms with van der Waals surface area (Å²) in [6.07, 6.45) is 7.49. The molecule has 74 valence electrons. The van der Waals surface area contributed by atoms with Crippen LogP contribution in [0.4, 0.5) is 0 Å². The van der Waals surface area contributed by atoms with Gasteiger partial charge in [0.1, 0.15) is 0 Å². The van der Waals surface area contributed by atoms with Crippen LogP contribution in [0.5, 0.6) is 0 Å². The van der Waals surface area contributed by atoms with Crippen molar-refractivity contribution >= 4 is 5.78 Å². The number of allylic oxidation sites excluding steroid dienone is 1. The van der Waals surface area contributed by atoms with Gasteiger partial charge in [-0.3, -0.25) is 9.78 Å². The molecule has 0 radical (unpaired) electrons. The molecule has 0 aliphatic carbocycles. The van der Waals surface area contributed by atoms with Gasteiger partial charge in [0.2, 0.25) is 0 Å². The smallest absolute Gasteiger partial charge is 0.187 e.